The van der Waals surface area contributed by atoms with Crippen molar-refractivity contribution in [3.8, 4) is 6.07 Å². The second-order valence-corrected chi connectivity index (χ2v) is 3.38. The van der Waals surface area contributed by atoms with Gasteiger partial charge in [-0.05, 0) is 30.6 Å². The van der Waals surface area contributed by atoms with Gasteiger partial charge in [0, 0.05) is 11.9 Å². The molecule has 12 heavy (non-hydrogen) atoms. The van der Waals surface area contributed by atoms with E-state index in [2.05, 4.69) is 17.3 Å². The van der Waals surface area contributed by atoms with Crippen LogP contribution in [0.2, 0.25) is 0 Å². The van der Waals surface area contributed by atoms with E-state index in [0.717, 1.165) is 17.9 Å². The van der Waals surface area contributed by atoms with Crippen molar-refractivity contribution in [1.82, 2.24) is 4.98 Å². The number of aryl methyl sites for hydroxylation is 1. The van der Waals surface area contributed by atoms with Gasteiger partial charge in [0.2, 0.25) is 0 Å². The summed E-state index contributed by atoms with van der Waals surface area (Å²) in [6.07, 6.45) is 4.69. The Morgan fingerprint density at radius 2 is 2.50 bits per heavy atom. The third-order valence-corrected chi connectivity index (χ3v) is 2.12. The summed E-state index contributed by atoms with van der Waals surface area (Å²) in [6.45, 7) is 0. The zero-order valence-electron chi connectivity index (χ0n) is 6.95. The molecule has 0 N–H and O–H groups in total. The van der Waals surface area contributed by atoms with Gasteiger partial charge in [0.05, 0.1) is 11.6 Å². The lowest BCUT2D eigenvalue weighted by Gasteiger charge is -1.97. The van der Waals surface area contributed by atoms with Gasteiger partial charge in [0.25, 0.3) is 0 Å². The zero-order valence-corrected chi connectivity index (χ0v) is 7.77. The molecule has 1 aromatic heterocycles. The molecule has 0 aliphatic heterocycles. The van der Waals surface area contributed by atoms with Crippen LogP contribution in [0.25, 0.3) is 0 Å². The predicted molar refractivity (Wildman–Crippen MR) is 51.0 cm³/mol. The summed E-state index contributed by atoms with van der Waals surface area (Å²) < 4.78 is 0. The van der Waals surface area contributed by atoms with Crippen LogP contribution in [0.15, 0.2) is 18.3 Å². The molecule has 0 aromatic carbocycles. The third kappa shape index (κ3) is 2.55. The molecular formula is C9H10N2S. The molecule has 0 bridgehead atoms. The molecular weight excluding hydrogens is 168 g/mol. The highest BCUT2D eigenvalue weighted by molar-refractivity contribution is 7.98. The van der Waals surface area contributed by atoms with Crippen LogP contribution in [0.4, 0.5) is 0 Å². The van der Waals surface area contributed by atoms with Crippen molar-refractivity contribution in [1.29, 1.82) is 5.26 Å². The lowest BCUT2D eigenvalue weighted by molar-refractivity contribution is 1.04. The Morgan fingerprint density at radius 1 is 1.67 bits per heavy atom. The minimum Gasteiger partial charge on any atom is -0.261 e. The molecule has 1 rings (SSSR count). The number of hydrogen-bond donors (Lipinski definition) is 0. The summed E-state index contributed by atoms with van der Waals surface area (Å²) in [4.78, 5) is 4.16. The van der Waals surface area contributed by atoms with Crippen LogP contribution in [-0.2, 0) is 6.42 Å². The first kappa shape index (κ1) is 9.08. The molecule has 0 saturated carbocycles. The average Bonchev–Trinajstić information content (AvgIpc) is 2.15. The summed E-state index contributed by atoms with van der Waals surface area (Å²) >= 11 is 1.79. The number of nitrogens with zero attached hydrogens (tertiary/aromatic N) is 2. The molecule has 3 heteroatoms. The van der Waals surface area contributed by atoms with Gasteiger partial charge >= 0.3 is 0 Å². The number of nitriles is 1. The maximum absolute atomic E-state index is 8.60. The smallest absolute Gasteiger partial charge is 0.0992 e. The summed E-state index contributed by atoms with van der Waals surface area (Å²) in [5.74, 6) is 1.06. The summed E-state index contributed by atoms with van der Waals surface area (Å²) in [7, 11) is 0. The van der Waals surface area contributed by atoms with Crippen molar-refractivity contribution in [2.24, 2.45) is 0 Å². The lowest BCUT2D eigenvalue weighted by Crippen LogP contribution is -1.92. The van der Waals surface area contributed by atoms with Gasteiger partial charge in [0.15, 0.2) is 0 Å². The second-order valence-electron chi connectivity index (χ2n) is 2.39. The van der Waals surface area contributed by atoms with Crippen molar-refractivity contribution in [3.63, 3.8) is 0 Å². The van der Waals surface area contributed by atoms with Gasteiger partial charge in [-0.3, -0.25) is 4.98 Å². The Balaban J connectivity index is 2.68. The summed E-state index contributed by atoms with van der Waals surface area (Å²) in [5.41, 5.74) is 1.70. The van der Waals surface area contributed by atoms with E-state index >= 15 is 0 Å². The second kappa shape index (κ2) is 4.78. The molecule has 1 aromatic rings. The molecule has 0 saturated heterocycles. The Bertz CT molecular complexity index is 291. The van der Waals surface area contributed by atoms with Gasteiger partial charge in [-0.15, -0.1) is 0 Å². The maximum atomic E-state index is 8.60. The van der Waals surface area contributed by atoms with Crippen molar-refractivity contribution in [3.05, 3.63) is 29.6 Å². The molecule has 0 aliphatic rings. The first-order valence-electron chi connectivity index (χ1n) is 3.71. The Kier molecular flexibility index (Phi) is 3.62. The van der Waals surface area contributed by atoms with Crippen LogP contribution in [0.5, 0.6) is 0 Å². The maximum Gasteiger partial charge on any atom is 0.0992 e. The Hall–Kier alpha value is -1.01. The highest BCUT2D eigenvalue weighted by Crippen LogP contribution is 2.03. The number of thioether (sulfide) groups is 1. The standard InChI is InChI=1S/C9H10N2S/c1-12-5-3-9-6-8(7-10)2-4-11-9/h2,4,6H,3,5H2,1H3. The Morgan fingerprint density at radius 3 is 3.17 bits per heavy atom. The number of pyridine rings is 1. The van der Waals surface area contributed by atoms with Crippen LogP contribution in [0.3, 0.4) is 0 Å². The van der Waals surface area contributed by atoms with Crippen LogP contribution in [0, 0.1) is 11.3 Å². The van der Waals surface area contributed by atoms with Crippen molar-refractivity contribution in [2.75, 3.05) is 12.0 Å². The average molecular weight is 178 g/mol. The third-order valence-electron chi connectivity index (χ3n) is 1.51. The number of rotatable bonds is 3. The fourth-order valence-electron chi connectivity index (χ4n) is 0.891. The van der Waals surface area contributed by atoms with Crippen LogP contribution < -0.4 is 0 Å². The number of hydrogen-bond acceptors (Lipinski definition) is 3. The van der Waals surface area contributed by atoms with E-state index in [1.54, 1.807) is 24.0 Å². The minimum atomic E-state index is 0.695. The number of aromatic nitrogens is 1. The monoisotopic (exact) mass is 178 g/mol. The fourth-order valence-corrected chi connectivity index (χ4v) is 1.30. The van der Waals surface area contributed by atoms with Gasteiger partial charge in [-0.25, -0.2) is 0 Å². The van der Waals surface area contributed by atoms with E-state index in [0.29, 0.717) is 5.56 Å². The van der Waals surface area contributed by atoms with Gasteiger partial charge in [-0.1, -0.05) is 0 Å². The summed E-state index contributed by atoms with van der Waals surface area (Å²) in [5, 5.41) is 8.60. The summed E-state index contributed by atoms with van der Waals surface area (Å²) in [6, 6.07) is 5.67. The molecule has 0 atom stereocenters. The molecule has 62 valence electrons. The predicted octanol–water partition coefficient (Wildman–Crippen LogP) is 1.86. The van der Waals surface area contributed by atoms with Gasteiger partial charge in [0.1, 0.15) is 0 Å². The first-order chi connectivity index (χ1) is 5.86. The minimum absolute atomic E-state index is 0.695. The molecule has 2 nitrogen and oxygen atoms in total. The quantitative estimate of drug-likeness (QED) is 0.709. The topological polar surface area (TPSA) is 36.7 Å². The van der Waals surface area contributed by atoms with Crippen molar-refractivity contribution >= 4 is 11.8 Å². The van der Waals surface area contributed by atoms with E-state index in [1.807, 2.05) is 6.07 Å². The van der Waals surface area contributed by atoms with Gasteiger partial charge < -0.3 is 0 Å². The Labute approximate surface area is 76.6 Å². The van der Waals surface area contributed by atoms with E-state index < -0.39 is 0 Å². The molecule has 0 spiro atoms. The van der Waals surface area contributed by atoms with Crippen molar-refractivity contribution < 1.29 is 0 Å². The van der Waals surface area contributed by atoms with E-state index in [1.165, 1.54) is 0 Å². The molecule has 0 radical (unpaired) electrons. The van der Waals surface area contributed by atoms with E-state index in [9.17, 15) is 0 Å². The lowest BCUT2D eigenvalue weighted by atomic mass is 10.2. The fraction of sp³-hybridized carbons (Fsp3) is 0.333. The van der Waals surface area contributed by atoms with Crippen molar-refractivity contribution in [2.45, 2.75) is 6.42 Å². The van der Waals surface area contributed by atoms with E-state index in [4.69, 9.17) is 5.26 Å². The van der Waals surface area contributed by atoms with Crippen LogP contribution >= 0.6 is 11.8 Å². The first-order valence-corrected chi connectivity index (χ1v) is 5.10. The van der Waals surface area contributed by atoms with Gasteiger partial charge in [-0.2, -0.15) is 17.0 Å². The largest absolute Gasteiger partial charge is 0.261 e. The van der Waals surface area contributed by atoms with Crippen LogP contribution in [-0.4, -0.2) is 17.0 Å². The molecule has 0 unspecified atom stereocenters. The molecule has 0 amide bonds. The molecule has 0 fully saturated rings. The highest BCUT2D eigenvalue weighted by atomic mass is 32.2. The SMILES string of the molecule is CSCCc1cc(C#N)ccn1. The molecule has 0 aliphatic carbocycles. The van der Waals surface area contributed by atoms with Crippen LogP contribution in [0.1, 0.15) is 11.3 Å². The zero-order chi connectivity index (χ0) is 8.81. The molecule has 1 heterocycles. The highest BCUT2D eigenvalue weighted by Gasteiger charge is 1.95. The normalized spacial score (nSPS) is 9.33. The van der Waals surface area contributed by atoms with E-state index in [-0.39, 0.29) is 0 Å².